The molecule has 0 aromatic rings. The van der Waals surface area contributed by atoms with Crippen LogP contribution >= 0.6 is 0 Å². The largest absolute Gasteiger partial charge is 0.444 e. The van der Waals surface area contributed by atoms with Crippen LogP contribution in [0.15, 0.2) is 0 Å². The normalized spacial score (nSPS) is 25.8. The van der Waals surface area contributed by atoms with Crippen LogP contribution < -0.4 is 0 Å². The predicted molar refractivity (Wildman–Crippen MR) is 87.1 cm³/mol. The Morgan fingerprint density at radius 3 is 2.43 bits per heavy atom. The predicted octanol–water partition coefficient (Wildman–Crippen LogP) is 2.13. The van der Waals surface area contributed by atoms with Crippen LogP contribution in [0.3, 0.4) is 0 Å². The molecule has 2 unspecified atom stereocenters. The lowest BCUT2D eigenvalue weighted by molar-refractivity contribution is -0.144. The third kappa shape index (κ3) is 4.83. The molecule has 2 heterocycles. The highest BCUT2D eigenvalue weighted by molar-refractivity contribution is 5.81. The number of amides is 2. The second-order valence-corrected chi connectivity index (χ2v) is 7.85. The minimum absolute atomic E-state index is 0.107. The van der Waals surface area contributed by atoms with E-state index in [0.717, 1.165) is 0 Å². The van der Waals surface area contributed by atoms with E-state index in [1.54, 1.807) is 4.90 Å². The molecular weight excluding hydrogens is 296 g/mol. The highest BCUT2D eigenvalue weighted by atomic mass is 16.6. The highest BCUT2D eigenvalue weighted by Crippen LogP contribution is 2.23. The summed E-state index contributed by atoms with van der Waals surface area (Å²) in [6, 6.07) is 0. The lowest BCUT2D eigenvalue weighted by Crippen LogP contribution is -2.49. The summed E-state index contributed by atoms with van der Waals surface area (Å²) in [7, 11) is 0. The molecule has 0 bridgehead atoms. The lowest BCUT2D eigenvalue weighted by atomic mass is 10.0. The van der Waals surface area contributed by atoms with E-state index >= 15 is 0 Å². The first-order valence-corrected chi connectivity index (χ1v) is 8.55. The quantitative estimate of drug-likeness (QED) is 0.780. The van der Waals surface area contributed by atoms with Gasteiger partial charge in [0.1, 0.15) is 5.60 Å². The van der Waals surface area contributed by atoms with Crippen molar-refractivity contribution in [3.8, 4) is 0 Å². The third-order valence-electron chi connectivity index (χ3n) is 4.34. The van der Waals surface area contributed by atoms with Gasteiger partial charge in [0.05, 0.1) is 18.6 Å². The smallest absolute Gasteiger partial charge is 0.410 e. The van der Waals surface area contributed by atoms with Crippen molar-refractivity contribution < 1.29 is 19.1 Å². The lowest BCUT2D eigenvalue weighted by Gasteiger charge is -2.36. The van der Waals surface area contributed by atoms with Gasteiger partial charge < -0.3 is 19.3 Å². The Bertz CT molecular complexity index is 444. The van der Waals surface area contributed by atoms with Crippen molar-refractivity contribution in [3.05, 3.63) is 0 Å². The molecule has 0 N–H and O–H groups in total. The highest BCUT2D eigenvalue weighted by Gasteiger charge is 2.37. The van der Waals surface area contributed by atoms with Gasteiger partial charge in [-0.1, -0.05) is 13.8 Å². The maximum atomic E-state index is 12.7. The molecule has 132 valence electrons. The summed E-state index contributed by atoms with van der Waals surface area (Å²) < 4.78 is 11.1. The number of hydrogen-bond acceptors (Lipinski definition) is 4. The molecule has 6 heteroatoms. The van der Waals surface area contributed by atoms with Crippen LogP contribution in [-0.2, 0) is 14.3 Å². The molecular formula is C17H30N2O4. The number of carbonyl (C=O) groups is 2. The summed E-state index contributed by atoms with van der Waals surface area (Å²) in [6.07, 6.45) is 0.493. The van der Waals surface area contributed by atoms with Crippen LogP contribution in [0.2, 0.25) is 0 Å². The number of ether oxygens (including phenoxy) is 2. The maximum absolute atomic E-state index is 12.7. The Morgan fingerprint density at radius 2 is 1.83 bits per heavy atom. The van der Waals surface area contributed by atoms with E-state index < -0.39 is 5.60 Å². The number of nitrogens with zero attached hydrogens (tertiary/aromatic N) is 2. The van der Waals surface area contributed by atoms with Gasteiger partial charge in [-0.25, -0.2) is 4.79 Å². The minimum Gasteiger partial charge on any atom is -0.444 e. The van der Waals surface area contributed by atoms with Crippen LogP contribution in [0.25, 0.3) is 0 Å². The Hall–Kier alpha value is -1.30. The Kier molecular flexibility index (Phi) is 5.55. The number of hydrogen-bond donors (Lipinski definition) is 0. The van der Waals surface area contributed by atoms with E-state index in [-0.39, 0.29) is 24.0 Å². The molecule has 0 aromatic heterocycles. The van der Waals surface area contributed by atoms with Crippen LogP contribution in [0.5, 0.6) is 0 Å². The molecule has 2 amide bonds. The van der Waals surface area contributed by atoms with Gasteiger partial charge in [-0.3, -0.25) is 4.79 Å². The number of carbonyl (C=O) groups excluding carboxylic acids is 2. The fraction of sp³-hybridized carbons (Fsp3) is 0.882. The molecule has 2 saturated heterocycles. The summed E-state index contributed by atoms with van der Waals surface area (Å²) in [5.41, 5.74) is -0.506. The van der Waals surface area contributed by atoms with E-state index in [0.29, 0.717) is 45.1 Å². The van der Waals surface area contributed by atoms with Crippen molar-refractivity contribution >= 4 is 12.0 Å². The third-order valence-corrected chi connectivity index (χ3v) is 4.34. The zero-order valence-electron chi connectivity index (χ0n) is 15.0. The molecule has 23 heavy (non-hydrogen) atoms. The van der Waals surface area contributed by atoms with Gasteiger partial charge in [0.25, 0.3) is 0 Å². The zero-order chi connectivity index (χ0) is 17.2. The van der Waals surface area contributed by atoms with Gasteiger partial charge in [0, 0.05) is 26.2 Å². The fourth-order valence-electron chi connectivity index (χ4n) is 2.99. The first-order chi connectivity index (χ1) is 10.7. The molecule has 0 aliphatic carbocycles. The van der Waals surface area contributed by atoms with E-state index in [2.05, 4.69) is 13.8 Å². The Labute approximate surface area is 139 Å². The van der Waals surface area contributed by atoms with E-state index in [4.69, 9.17) is 9.47 Å². The first kappa shape index (κ1) is 18.0. The summed E-state index contributed by atoms with van der Waals surface area (Å²) in [5, 5.41) is 0. The monoisotopic (exact) mass is 326 g/mol. The Morgan fingerprint density at radius 1 is 1.13 bits per heavy atom. The number of rotatable bonds is 2. The van der Waals surface area contributed by atoms with E-state index in [1.807, 2.05) is 25.7 Å². The maximum Gasteiger partial charge on any atom is 0.410 e. The fourth-order valence-corrected chi connectivity index (χ4v) is 2.99. The molecule has 0 aromatic carbocycles. The van der Waals surface area contributed by atoms with Gasteiger partial charge >= 0.3 is 6.09 Å². The molecule has 0 saturated carbocycles. The summed E-state index contributed by atoms with van der Waals surface area (Å²) in [4.78, 5) is 28.4. The van der Waals surface area contributed by atoms with Crippen molar-refractivity contribution in [2.24, 2.45) is 11.8 Å². The summed E-state index contributed by atoms with van der Waals surface area (Å²) in [5.74, 6) is 0.422. The minimum atomic E-state index is -0.506. The molecule has 2 aliphatic heterocycles. The molecule has 2 aliphatic rings. The first-order valence-electron chi connectivity index (χ1n) is 8.55. The average molecular weight is 326 g/mol. The van der Waals surface area contributed by atoms with Crippen molar-refractivity contribution in [1.29, 1.82) is 0 Å². The topological polar surface area (TPSA) is 59.1 Å². The van der Waals surface area contributed by atoms with E-state index in [9.17, 15) is 9.59 Å². The number of likely N-dealkylation sites (tertiary alicyclic amines) is 1. The van der Waals surface area contributed by atoms with Crippen LogP contribution in [0.1, 0.15) is 41.0 Å². The SMILES string of the molecule is CC(C)C1CN(C(=O)C2CCN(C(=O)OC(C)(C)C)C2)CCO1. The van der Waals surface area contributed by atoms with Crippen molar-refractivity contribution in [1.82, 2.24) is 9.80 Å². The van der Waals surface area contributed by atoms with Gasteiger partial charge in [0.2, 0.25) is 5.91 Å². The van der Waals surface area contributed by atoms with Crippen LogP contribution in [0.4, 0.5) is 4.79 Å². The molecule has 2 rings (SSSR count). The standard InChI is InChI=1S/C17H30N2O4/c1-12(2)14-11-18(8-9-22-14)15(20)13-6-7-19(10-13)16(21)23-17(3,4)5/h12-14H,6-11H2,1-5H3. The molecule has 0 radical (unpaired) electrons. The van der Waals surface area contributed by atoms with Gasteiger partial charge in [-0.05, 0) is 33.1 Å². The zero-order valence-corrected chi connectivity index (χ0v) is 15.0. The van der Waals surface area contributed by atoms with Crippen molar-refractivity contribution in [2.75, 3.05) is 32.8 Å². The summed E-state index contributed by atoms with van der Waals surface area (Å²) in [6.45, 7) is 12.7. The van der Waals surface area contributed by atoms with Crippen molar-refractivity contribution in [2.45, 2.75) is 52.7 Å². The van der Waals surface area contributed by atoms with Gasteiger partial charge in [0.15, 0.2) is 0 Å². The molecule has 6 nitrogen and oxygen atoms in total. The second kappa shape index (κ2) is 7.07. The Balaban J connectivity index is 1.88. The molecule has 0 spiro atoms. The summed E-state index contributed by atoms with van der Waals surface area (Å²) >= 11 is 0. The number of morpholine rings is 1. The van der Waals surface area contributed by atoms with Crippen LogP contribution in [-0.4, -0.2) is 66.3 Å². The molecule has 2 atom stereocenters. The second-order valence-electron chi connectivity index (χ2n) is 7.85. The average Bonchev–Trinajstić information content (AvgIpc) is 2.94. The van der Waals surface area contributed by atoms with Gasteiger partial charge in [-0.2, -0.15) is 0 Å². The van der Waals surface area contributed by atoms with Gasteiger partial charge in [-0.15, -0.1) is 0 Å². The van der Waals surface area contributed by atoms with E-state index in [1.165, 1.54) is 0 Å². The van der Waals surface area contributed by atoms with Crippen LogP contribution in [0, 0.1) is 11.8 Å². The molecule has 2 fully saturated rings. The van der Waals surface area contributed by atoms with Crippen molar-refractivity contribution in [3.63, 3.8) is 0 Å².